The second kappa shape index (κ2) is 10.7. The molecule has 1 aliphatic rings. The molecule has 3 rings (SSSR count). The van der Waals surface area contributed by atoms with Crippen molar-refractivity contribution in [1.29, 1.82) is 0 Å². The van der Waals surface area contributed by atoms with Gasteiger partial charge in [0.2, 0.25) is 5.91 Å². The molecule has 0 saturated carbocycles. The molecule has 0 aromatic heterocycles. The molecule has 28 heavy (non-hydrogen) atoms. The first-order valence-corrected chi connectivity index (χ1v) is 9.28. The van der Waals surface area contributed by atoms with Crippen LogP contribution in [0.15, 0.2) is 54.6 Å². The van der Waals surface area contributed by atoms with Crippen LogP contribution in [0, 0.1) is 5.92 Å². The quantitative estimate of drug-likeness (QED) is 0.776. The number of amides is 2. The summed E-state index contributed by atoms with van der Waals surface area (Å²) >= 11 is 0. The Morgan fingerprint density at radius 3 is 2.57 bits per heavy atom. The monoisotopic (exact) mass is 403 g/mol. The number of ether oxygens (including phenoxy) is 1. The van der Waals surface area contributed by atoms with Crippen molar-refractivity contribution in [3.8, 4) is 11.5 Å². The zero-order valence-electron chi connectivity index (χ0n) is 15.7. The molecule has 6 nitrogen and oxygen atoms in total. The Labute approximate surface area is 171 Å². The van der Waals surface area contributed by atoms with Crippen LogP contribution in [0.1, 0.15) is 23.2 Å². The molecule has 1 unspecified atom stereocenters. The topological polar surface area (TPSA) is 84.7 Å². The maximum Gasteiger partial charge on any atom is 0.257 e. The van der Waals surface area contributed by atoms with Gasteiger partial charge in [0.15, 0.2) is 0 Å². The molecule has 7 heteroatoms. The second-order valence-electron chi connectivity index (χ2n) is 6.58. The molecule has 1 heterocycles. The van der Waals surface area contributed by atoms with Crippen LogP contribution in [-0.2, 0) is 4.79 Å². The summed E-state index contributed by atoms with van der Waals surface area (Å²) in [4.78, 5) is 27.1. The minimum absolute atomic E-state index is 0. The van der Waals surface area contributed by atoms with Gasteiger partial charge in [-0.25, -0.2) is 0 Å². The van der Waals surface area contributed by atoms with Gasteiger partial charge in [0.25, 0.3) is 5.91 Å². The summed E-state index contributed by atoms with van der Waals surface area (Å²) in [6.45, 7) is 1.91. The molecule has 1 saturated heterocycles. The van der Waals surface area contributed by atoms with Crippen molar-refractivity contribution in [2.75, 3.05) is 26.2 Å². The van der Waals surface area contributed by atoms with Crippen molar-refractivity contribution in [1.82, 2.24) is 10.2 Å². The number of para-hydroxylation sites is 2. The van der Waals surface area contributed by atoms with E-state index in [-0.39, 0.29) is 30.1 Å². The van der Waals surface area contributed by atoms with E-state index >= 15 is 0 Å². The van der Waals surface area contributed by atoms with Gasteiger partial charge in [-0.1, -0.05) is 30.3 Å². The zero-order chi connectivity index (χ0) is 19.1. The Bertz CT molecular complexity index is 785. The van der Waals surface area contributed by atoms with Crippen LogP contribution in [0.3, 0.4) is 0 Å². The summed E-state index contributed by atoms with van der Waals surface area (Å²) in [5.41, 5.74) is 5.95. The third kappa shape index (κ3) is 5.47. The van der Waals surface area contributed by atoms with Crippen molar-refractivity contribution >= 4 is 24.2 Å². The van der Waals surface area contributed by atoms with Crippen LogP contribution in [0.5, 0.6) is 11.5 Å². The summed E-state index contributed by atoms with van der Waals surface area (Å²) in [6.07, 6.45) is 1.58. The van der Waals surface area contributed by atoms with E-state index in [2.05, 4.69) is 5.32 Å². The van der Waals surface area contributed by atoms with E-state index in [0.29, 0.717) is 43.2 Å². The van der Waals surface area contributed by atoms with Gasteiger partial charge in [0.05, 0.1) is 11.5 Å². The fraction of sp³-hybridized carbons (Fsp3) is 0.333. The van der Waals surface area contributed by atoms with Crippen molar-refractivity contribution in [2.45, 2.75) is 12.8 Å². The lowest BCUT2D eigenvalue weighted by atomic mass is 9.96. The third-order valence-corrected chi connectivity index (χ3v) is 4.61. The average Bonchev–Trinajstić information content (AvgIpc) is 2.73. The van der Waals surface area contributed by atoms with Gasteiger partial charge in [-0.15, -0.1) is 12.4 Å². The fourth-order valence-corrected chi connectivity index (χ4v) is 3.23. The maximum atomic E-state index is 13.1. The van der Waals surface area contributed by atoms with Crippen LogP contribution < -0.4 is 15.8 Å². The SMILES string of the molecule is Cl.NCCNC(=O)C1CCCN(C(=O)c2ccccc2Oc2ccccc2)C1. The predicted octanol–water partition coefficient (Wildman–Crippen LogP) is 2.83. The van der Waals surface area contributed by atoms with Gasteiger partial charge >= 0.3 is 0 Å². The highest BCUT2D eigenvalue weighted by molar-refractivity contribution is 5.97. The number of nitrogens with two attached hydrogens (primary N) is 1. The number of hydrogen-bond acceptors (Lipinski definition) is 4. The highest BCUT2D eigenvalue weighted by atomic mass is 35.5. The Morgan fingerprint density at radius 1 is 1.11 bits per heavy atom. The molecule has 2 aromatic rings. The average molecular weight is 404 g/mol. The summed E-state index contributed by atoms with van der Waals surface area (Å²) in [5.74, 6) is 0.847. The number of nitrogens with zero attached hydrogens (tertiary/aromatic N) is 1. The Morgan fingerprint density at radius 2 is 1.82 bits per heavy atom. The summed E-state index contributed by atoms with van der Waals surface area (Å²) in [6, 6.07) is 16.6. The van der Waals surface area contributed by atoms with E-state index in [4.69, 9.17) is 10.5 Å². The number of benzene rings is 2. The van der Waals surface area contributed by atoms with E-state index in [1.165, 1.54) is 0 Å². The summed E-state index contributed by atoms with van der Waals surface area (Å²) < 4.78 is 5.91. The van der Waals surface area contributed by atoms with Gasteiger partial charge in [0, 0.05) is 26.2 Å². The Balaban J connectivity index is 0.00000280. The third-order valence-electron chi connectivity index (χ3n) is 4.61. The van der Waals surface area contributed by atoms with Crippen LogP contribution in [0.4, 0.5) is 0 Å². The number of nitrogens with one attached hydrogen (secondary N) is 1. The largest absolute Gasteiger partial charge is 0.457 e. The predicted molar refractivity (Wildman–Crippen MR) is 111 cm³/mol. The molecule has 2 amide bonds. The normalized spacial score (nSPS) is 16.0. The summed E-state index contributed by atoms with van der Waals surface area (Å²) in [5, 5.41) is 2.82. The Kier molecular flexibility index (Phi) is 8.29. The zero-order valence-corrected chi connectivity index (χ0v) is 16.5. The lowest BCUT2D eigenvalue weighted by Crippen LogP contribution is -2.46. The fourth-order valence-electron chi connectivity index (χ4n) is 3.23. The van der Waals surface area contributed by atoms with E-state index in [1.807, 2.05) is 42.5 Å². The lowest BCUT2D eigenvalue weighted by Gasteiger charge is -2.32. The highest BCUT2D eigenvalue weighted by Crippen LogP contribution is 2.27. The number of rotatable bonds is 6. The molecular weight excluding hydrogens is 378 g/mol. The van der Waals surface area contributed by atoms with Crippen LogP contribution >= 0.6 is 12.4 Å². The molecule has 150 valence electrons. The van der Waals surface area contributed by atoms with E-state index < -0.39 is 0 Å². The van der Waals surface area contributed by atoms with Crippen molar-refractivity contribution in [3.05, 3.63) is 60.2 Å². The highest BCUT2D eigenvalue weighted by Gasteiger charge is 2.29. The number of carbonyl (C=O) groups excluding carboxylic acids is 2. The maximum absolute atomic E-state index is 13.1. The van der Waals surface area contributed by atoms with E-state index in [1.54, 1.807) is 17.0 Å². The molecule has 1 fully saturated rings. The molecule has 1 atom stereocenters. The number of likely N-dealkylation sites (tertiary alicyclic amines) is 1. The number of piperidine rings is 1. The van der Waals surface area contributed by atoms with Crippen molar-refractivity contribution < 1.29 is 14.3 Å². The van der Waals surface area contributed by atoms with Crippen LogP contribution in [-0.4, -0.2) is 42.9 Å². The smallest absolute Gasteiger partial charge is 0.257 e. The molecule has 0 aliphatic carbocycles. The lowest BCUT2D eigenvalue weighted by molar-refractivity contribution is -0.126. The molecule has 1 aliphatic heterocycles. The molecule has 0 bridgehead atoms. The van der Waals surface area contributed by atoms with Crippen LogP contribution in [0.2, 0.25) is 0 Å². The molecular formula is C21H26ClN3O3. The first-order valence-electron chi connectivity index (χ1n) is 9.28. The first-order chi connectivity index (χ1) is 13.2. The second-order valence-corrected chi connectivity index (χ2v) is 6.58. The first kappa shape index (κ1) is 21.7. The minimum Gasteiger partial charge on any atom is -0.457 e. The van der Waals surface area contributed by atoms with E-state index in [9.17, 15) is 9.59 Å². The number of halogens is 1. The minimum atomic E-state index is -0.198. The van der Waals surface area contributed by atoms with Gasteiger partial charge in [0.1, 0.15) is 11.5 Å². The van der Waals surface area contributed by atoms with Gasteiger partial charge in [-0.05, 0) is 37.1 Å². The van der Waals surface area contributed by atoms with Gasteiger partial charge in [-0.2, -0.15) is 0 Å². The molecule has 3 N–H and O–H groups in total. The molecule has 0 radical (unpaired) electrons. The Hall–Kier alpha value is -2.57. The van der Waals surface area contributed by atoms with Crippen molar-refractivity contribution in [3.63, 3.8) is 0 Å². The molecule has 2 aromatic carbocycles. The molecule has 0 spiro atoms. The summed E-state index contributed by atoms with van der Waals surface area (Å²) in [7, 11) is 0. The van der Waals surface area contributed by atoms with E-state index in [0.717, 1.165) is 12.8 Å². The standard InChI is InChI=1S/C21H25N3O3.ClH/c22-12-13-23-20(25)16-7-6-14-24(15-16)21(26)18-10-4-5-11-19(18)27-17-8-2-1-3-9-17;/h1-5,8-11,16H,6-7,12-15,22H2,(H,23,25);1H. The number of carbonyl (C=O) groups is 2. The van der Waals surface area contributed by atoms with Gasteiger partial charge < -0.3 is 20.7 Å². The number of hydrogen-bond donors (Lipinski definition) is 2. The van der Waals surface area contributed by atoms with Crippen molar-refractivity contribution in [2.24, 2.45) is 11.7 Å². The van der Waals surface area contributed by atoms with Crippen LogP contribution in [0.25, 0.3) is 0 Å². The van der Waals surface area contributed by atoms with Gasteiger partial charge in [-0.3, -0.25) is 9.59 Å².